The summed E-state index contributed by atoms with van der Waals surface area (Å²) in [7, 11) is 0. The third-order valence-corrected chi connectivity index (χ3v) is 4.35. The topological polar surface area (TPSA) is 45.4 Å². The summed E-state index contributed by atoms with van der Waals surface area (Å²) in [6, 6.07) is 4.73. The van der Waals surface area contributed by atoms with E-state index in [-0.39, 0.29) is 6.04 Å². The van der Waals surface area contributed by atoms with E-state index in [2.05, 4.69) is 47.7 Å². The van der Waals surface area contributed by atoms with Gasteiger partial charge in [0.25, 0.3) is 0 Å². The van der Waals surface area contributed by atoms with Crippen molar-refractivity contribution in [1.29, 1.82) is 0 Å². The van der Waals surface area contributed by atoms with Gasteiger partial charge in [-0.1, -0.05) is 20.8 Å². The summed E-state index contributed by atoms with van der Waals surface area (Å²) in [6.07, 6.45) is 4.75. The average Bonchev–Trinajstić information content (AvgIpc) is 2.49. The molecule has 0 saturated carbocycles. The van der Waals surface area contributed by atoms with Gasteiger partial charge in [-0.15, -0.1) is 0 Å². The van der Waals surface area contributed by atoms with Crippen LogP contribution >= 0.6 is 0 Å². The Kier molecular flexibility index (Phi) is 6.15. The molecule has 1 aliphatic heterocycles. The van der Waals surface area contributed by atoms with Gasteiger partial charge in [-0.2, -0.15) is 0 Å². The zero-order valence-corrected chi connectivity index (χ0v) is 13.7. The van der Waals surface area contributed by atoms with E-state index >= 15 is 0 Å². The number of nitrogens with zero attached hydrogens (tertiary/aromatic N) is 3. The average molecular weight is 290 g/mol. The van der Waals surface area contributed by atoms with Crippen molar-refractivity contribution in [2.75, 3.05) is 32.7 Å². The summed E-state index contributed by atoms with van der Waals surface area (Å²) in [5.41, 5.74) is 7.72. The Morgan fingerprint density at radius 2 is 1.76 bits per heavy atom. The highest BCUT2D eigenvalue weighted by atomic mass is 15.3. The lowest BCUT2D eigenvalue weighted by Gasteiger charge is -2.42. The second kappa shape index (κ2) is 7.87. The van der Waals surface area contributed by atoms with Gasteiger partial charge in [-0.25, -0.2) is 0 Å². The van der Waals surface area contributed by atoms with Crippen LogP contribution in [0.3, 0.4) is 0 Å². The molecule has 2 atom stereocenters. The number of aromatic nitrogens is 1. The zero-order valence-electron chi connectivity index (χ0n) is 13.7. The zero-order chi connectivity index (χ0) is 15.2. The van der Waals surface area contributed by atoms with Gasteiger partial charge in [-0.3, -0.25) is 9.88 Å². The van der Waals surface area contributed by atoms with Gasteiger partial charge in [0.1, 0.15) is 0 Å². The maximum atomic E-state index is 6.42. The first-order valence-electron chi connectivity index (χ1n) is 8.23. The van der Waals surface area contributed by atoms with Gasteiger partial charge in [-0.05, 0) is 30.0 Å². The van der Waals surface area contributed by atoms with E-state index < -0.39 is 0 Å². The quantitative estimate of drug-likeness (QED) is 0.872. The van der Waals surface area contributed by atoms with Crippen molar-refractivity contribution in [3.63, 3.8) is 0 Å². The molecule has 2 unspecified atom stereocenters. The third kappa shape index (κ3) is 4.50. The fourth-order valence-electron chi connectivity index (χ4n) is 3.25. The predicted octanol–water partition coefficient (Wildman–Crippen LogP) is 2.13. The minimum absolute atomic E-state index is 0.184. The minimum Gasteiger partial charge on any atom is -0.326 e. The lowest BCUT2D eigenvalue weighted by atomic mass is 9.96. The standard InChI is InChI=1S/C17H30N4/c1-4-16(18)17(15-5-7-19-8-6-15)21-11-9-20(10-12-21)13-14(2)3/h5-8,14,16-17H,4,9-13,18H2,1-3H3. The summed E-state index contributed by atoms with van der Waals surface area (Å²) in [5.74, 6) is 0.741. The van der Waals surface area contributed by atoms with Crippen LogP contribution < -0.4 is 5.73 Å². The molecule has 0 spiro atoms. The largest absolute Gasteiger partial charge is 0.326 e. The molecule has 1 aliphatic rings. The van der Waals surface area contributed by atoms with Gasteiger partial charge in [0.05, 0.1) is 6.04 Å². The molecule has 1 saturated heterocycles. The van der Waals surface area contributed by atoms with Crippen molar-refractivity contribution in [2.45, 2.75) is 39.3 Å². The summed E-state index contributed by atoms with van der Waals surface area (Å²) < 4.78 is 0. The van der Waals surface area contributed by atoms with E-state index in [0.29, 0.717) is 6.04 Å². The van der Waals surface area contributed by atoms with E-state index in [0.717, 1.165) is 38.5 Å². The first kappa shape index (κ1) is 16.4. The number of hydrogen-bond donors (Lipinski definition) is 1. The Balaban J connectivity index is 2.03. The van der Waals surface area contributed by atoms with Crippen molar-refractivity contribution in [3.8, 4) is 0 Å². The number of pyridine rings is 1. The van der Waals surface area contributed by atoms with E-state index in [1.54, 1.807) is 0 Å². The van der Waals surface area contributed by atoms with Gasteiger partial charge in [0.15, 0.2) is 0 Å². The van der Waals surface area contributed by atoms with Gasteiger partial charge in [0, 0.05) is 51.2 Å². The van der Waals surface area contributed by atoms with Crippen LogP contribution in [0.15, 0.2) is 24.5 Å². The number of piperazine rings is 1. The molecule has 0 aliphatic carbocycles. The van der Waals surface area contributed by atoms with Gasteiger partial charge < -0.3 is 10.6 Å². The Morgan fingerprint density at radius 1 is 1.14 bits per heavy atom. The summed E-state index contributed by atoms with van der Waals surface area (Å²) >= 11 is 0. The lowest BCUT2D eigenvalue weighted by molar-refractivity contribution is 0.0775. The fourth-order valence-corrected chi connectivity index (χ4v) is 3.25. The van der Waals surface area contributed by atoms with E-state index in [4.69, 9.17) is 5.73 Å². The highest BCUT2D eigenvalue weighted by Crippen LogP contribution is 2.26. The molecule has 21 heavy (non-hydrogen) atoms. The monoisotopic (exact) mass is 290 g/mol. The van der Waals surface area contributed by atoms with E-state index in [1.165, 1.54) is 12.1 Å². The van der Waals surface area contributed by atoms with Crippen LogP contribution in [0.25, 0.3) is 0 Å². The highest BCUT2D eigenvalue weighted by molar-refractivity contribution is 5.17. The fraction of sp³-hybridized carbons (Fsp3) is 0.706. The maximum Gasteiger partial charge on any atom is 0.0501 e. The molecule has 1 fully saturated rings. The van der Waals surface area contributed by atoms with Crippen molar-refractivity contribution < 1.29 is 0 Å². The van der Waals surface area contributed by atoms with E-state index in [1.807, 2.05) is 12.4 Å². The van der Waals surface area contributed by atoms with Crippen LogP contribution in [0.1, 0.15) is 38.8 Å². The second-order valence-electron chi connectivity index (χ2n) is 6.53. The summed E-state index contributed by atoms with van der Waals surface area (Å²) in [5, 5.41) is 0. The van der Waals surface area contributed by atoms with Crippen LogP contribution in [-0.2, 0) is 0 Å². The summed E-state index contributed by atoms with van der Waals surface area (Å²) in [4.78, 5) is 9.26. The van der Waals surface area contributed by atoms with Crippen molar-refractivity contribution in [1.82, 2.24) is 14.8 Å². The molecule has 0 amide bonds. The lowest BCUT2D eigenvalue weighted by Crippen LogP contribution is -2.51. The molecule has 2 N–H and O–H groups in total. The molecular weight excluding hydrogens is 260 g/mol. The van der Waals surface area contributed by atoms with Gasteiger partial charge in [0.2, 0.25) is 0 Å². The third-order valence-electron chi connectivity index (χ3n) is 4.35. The smallest absolute Gasteiger partial charge is 0.0501 e. The molecule has 118 valence electrons. The van der Waals surface area contributed by atoms with Crippen molar-refractivity contribution >= 4 is 0 Å². The Hall–Kier alpha value is -0.970. The number of rotatable bonds is 6. The van der Waals surface area contributed by atoms with Crippen LogP contribution in [0.4, 0.5) is 0 Å². The normalized spacial score (nSPS) is 20.6. The molecule has 4 heteroatoms. The molecule has 0 bridgehead atoms. The Bertz CT molecular complexity index is 399. The molecule has 0 aromatic carbocycles. The maximum absolute atomic E-state index is 6.42. The van der Waals surface area contributed by atoms with Crippen LogP contribution in [0.5, 0.6) is 0 Å². The Labute approximate surface area is 129 Å². The molecule has 2 rings (SSSR count). The highest BCUT2D eigenvalue weighted by Gasteiger charge is 2.28. The molecule has 1 aromatic heterocycles. The predicted molar refractivity (Wildman–Crippen MR) is 88.1 cm³/mol. The molecule has 4 nitrogen and oxygen atoms in total. The first-order chi connectivity index (χ1) is 10.1. The SMILES string of the molecule is CCC(N)C(c1ccncc1)N1CCN(CC(C)C)CC1. The van der Waals surface area contributed by atoms with E-state index in [9.17, 15) is 0 Å². The molecule has 0 radical (unpaired) electrons. The second-order valence-corrected chi connectivity index (χ2v) is 6.53. The van der Waals surface area contributed by atoms with Crippen LogP contribution in [0.2, 0.25) is 0 Å². The molecular formula is C17H30N4. The van der Waals surface area contributed by atoms with Gasteiger partial charge >= 0.3 is 0 Å². The number of nitrogens with two attached hydrogens (primary N) is 1. The van der Waals surface area contributed by atoms with Crippen LogP contribution in [0, 0.1) is 5.92 Å². The Morgan fingerprint density at radius 3 is 2.29 bits per heavy atom. The first-order valence-corrected chi connectivity index (χ1v) is 8.23. The minimum atomic E-state index is 0.184. The van der Waals surface area contributed by atoms with Crippen molar-refractivity contribution in [2.24, 2.45) is 11.7 Å². The molecule has 2 heterocycles. The van der Waals surface area contributed by atoms with Crippen LogP contribution in [-0.4, -0.2) is 53.5 Å². The van der Waals surface area contributed by atoms with Crippen molar-refractivity contribution in [3.05, 3.63) is 30.1 Å². The summed E-state index contributed by atoms with van der Waals surface area (Å²) in [6.45, 7) is 12.5. The number of hydrogen-bond acceptors (Lipinski definition) is 4. The molecule has 1 aromatic rings.